The second kappa shape index (κ2) is 7.07. The van der Waals surface area contributed by atoms with Gasteiger partial charge in [-0.2, -0.15) is 0 Å². The predicted octanol–water partition coefficient (Wildman–Crippen LogP) is 4.94. The van der Waals surface area contributed by atoms with Crippen molar-refractivity contribution in [1.29, 1.82) is 0 Å². The number of benzene rings is 2. The standard InChI is InChI=1S/C17H14ClN3O2S/c1-20-16(13-5-7-14(18)8-6-13)10-19-17(20)24-11-12-3-2-4-15(9-12)21(22)23/h2-10H,11H2,1H3. The van der Waals surface area contributed by atoms with Crippen molar-refractivity contribution in [2.24, 2.45) is 7.05 Å². The highest BCUT2D eigenvalue weighted by atomic mass is 35.5. The number of aromatic nitrogens is 2. The van der Waals surface area contributed by atoms with Gasteiger partial charge in [-0.15, -0.1) is 0 Å². The van der Waals surface area contributed by atoms with Crippen LogP contribution < -0.4 is 0 Å². The monoisotopic (exact) mass is 359 g/mol. The molecule has 0 fully saturated rings. The van der Waals surface area contributed by atoms with Crippen LogP contribution in [0.15, 0.2) is 59.9 Å². The number of nitro groups is 1. The van der Waals surface area contributed by atoms with Crippen molar-refractivity contribution < 1.29 is 4.92 Å². The van der Waals surface area contributed by atoms with E-state index in [1.54, 1.807) is 23.9 Å². The number of nitro benzene ring substituents is 1. The van der Waals surface area contributed by atoms with Gasteiger partial charge in [0.05, 0.1) is 16.8 Å². The Labute approximate surface area is 148 Å². The molecule has 7 heteroatoms. The van der Waals surface area contributed by atoms with Gasteiger partial charge in [-0.25, -0.2) is 4.98 Å². The second-order valence-electron chi connectivity index (χ2n) is 5.21. The lowest BCUT2D eigenvalue weighted by atomic mass is 10.2. The van der Waals surface area contributed by atoms with Crippen molar-refractivity contribution >= 4 is 29.1 Å². The largest absolute Gasteiger partial charge is 0.322 e. The molecule has 0 N–H and O–H groups in total. The summed E-state index contributed by atoms with van der Waals surface area (Å²) < 4.78 is 2.01. The lowest BCUT2D eigenvalue weighted by molar-refractivity contribution is -0.384. The zero-order valence-corrected chi connectivity index (χ0v) is 14.4. The highest BCUT2D eigenvalue weighted by Gasteiger charge is 2.11. The minimum atomic E-state index is -0.381. The molecule has 0 aliphatic rings. The molecule has 0 bridgehead atoms. The van der Waals surface area contributed by atoms with E-state index in [0.29, 0.717) is 10.8 Å². The summed E-state index contributed by atoms with van der Waals surface area (Å²) in [6.07, 6.45) is 1.82. The summed E-state index contributed by atoms with van der Waals surface area (Å²) in [5, 5.41) is 12.4. The Bertz CT molecular complexity index is 878. The number of thioether (sulfide) groups is 1. The molecular formula is C17H14ClN3O2S. The zero-order chi connectivity index (χ0) is 17.1. The normalized spacial score (nSPS) is 10.8. The average Bonchev–Trinajstić information content (AvgIpc) is 2.95. The molecule has 3 rings (SSSR count). The van der Waals surface area contributed by atoms with Gasteiger partial charge in [0.25, 0.3) is 5.69 Å². The van der Waals surface area contributed by atoms with Crippen molar-refractivity contribution in [3.63, 3.8) is 0 Å². The lowest BCUT2D eigenvalue weighted by Gasteiger charge is -2.06. The Morgan fingerprint density at radius 1 is 1.25 bits per heavy atom. The molecule has 1 aromatic heterocycles. The first kappa shape index (κ1) is 16.5. The fraction of sp³-hybridized carbons (Fsp3) is 0.118. The molecule has 0 saturated heterocycles. The van der Waals surface area contributed by atoms with E-state index >= 15 is 0 Å². The molecule has 0 amide bonds. The molecule has 0 aliphatic heterocycles. The van der Waals surface area contributed by atoms with Gasteiger partial charge in [-0.1, -0.05) is 47.6 Å². The van der Waals surface area contributed by atoms with Crippen molar-refractivity contribution in [2.45, 2.75) is 10.9 Å². The number of hydrogen-bond donors (Lipinski definition) is 0. The smallest absolute Gasteiger partial charge is 0.269 e. The summed E-state index contributed by atoms with van der Waals surface area (Å²) in [6.45, 7) is 0. The second-order valence-corrected chi connectivity index (χ2v) is 6.59. The van der Waals surface area contributed by atoms with E-state index in [0.717, 1.165) is 22.0 Å². The average molecular weight is 360 g/mol. The van der Waals surface area contributed by atoms with Crippen LogP contribution in [0.25, 0.3) is 11.3 Å². The van der Waals surface area contributed by atoms with Crippen molar-refractivity contribution in [3.8, 4) is 11.3 Å². The lowest BCUT2D eigenvalue weighted by Crippen LogP contribution is -1.95. The van der Waals surface area contributed by atoms with E-state index in [2.05, 4.69) is 4.98 Å². The number of non-ortho nitro benzene ring substituents is 1. The number of halogens is 1. The molecule has 0 saturated carbocycles. The van der Waals surface area contributed by atoms with E-state index in [1.165, 1.54) is 6.07 Å². The maximum absolute atomic E-state index is 10.8. The molecule has 2 aromatic carbocycles. The van der Waals surface area contributed by atoms with Gasteiger partial charge >= 0.3 is 0 Å². The first-order chi connectivity index (χ1) is 11.5. The van der Waals surface area contributed by atoms with Gasteiger partial charge in [-0.05, 0) is 23.3 Å². The Morgan fingerprint density at radius 3 is 2.71 bits per heavy atom. The fourth-order valence-electron chi connectivity index (χ4n) is 2.32. The number of rotatable bonds is 5. The van der Waals surface area contributed by atoms with E-state index in [1.807, 2.05) is 48.1 Å². The Morgan fingerprint density at radius 2 is 2.00 bits per heavy atom. The topological polar surface area (TPSA) is 61.0 Å². The molecule has 24 heavy (non-hydrogen) atoms. The third-order valence-corrected chi connectivity index (χ3v) is 4.94. The SMILES string of the molecule is Cn1c(-c2ccc(Cl)cc2)cnc1SCc1cccc([N+](=O)[O-])c1. The van der Waals surface area contributed by atoms with Crippen LogP contribution in [0.2, 0.25) is 5.02 Å². The molecule has 0 unspecified atom stereocenters. The van der Waals surface area contributed by atoms with Crippen molar-refractivity contribution in [2.75, 3.05) is 0 Å². The van der Waals surface area contributed by atoms with Gasteiger partial charge in [0.2, 0.25) is 0 Å². The minimum absolute atomic E-state index is 0.106. The van der Waals surface area contributed by atoms with Crippen LogP contribution >= 0.6 is 23.4 Å². The Kier molecular flexibility index (Phi) is 4.87. The summed E-state index contributed by atoms with van der Waals surface area (Å²) in [5.41, 5.74) is 3.03. The molecule has 0 atom stereocenters. The summed E-state index contributed by atoms with van der Waals surface area (Å²) in [5.74, 6) is 0.618. The number of imidazole rings is 1. The molecule has 0 radical (unpaired) electrons. The number of hydrogen-bond acceptors (Lipinski definition) is 4. The highest BCUT2D eigenvalue weighted by molar-refractivity contribution is 7.98. The van der Waals surface area contributed by atoms with Crippen LogP contribution in [0.3, 0.4) is 0 Å². The predicted molar refractivity (Wildman–Crippen MR) is 96.3 cm³/mol. The van der Waals surface area contributed by atoms with Crippen LogP contribution in [-0.4, -0.2) is 14.5 Å². The van der Waals surface area contributed by atoms with Crippen LogP contribution in [-0.2, 0) is 12.8 Å². The third kappa shape index (κ3) is 3.60. The van der Waals surface area contributed by atoms with E-state index in [9.17, 15) is 10.1 Å². The van der Waals surface area contributed by atoms with E-state index in [4.69, 9.17) is 11.6 Å². The Hall–Kier alpha value is -2.31. The molecule has 5 nitrogen and oxygen atoms in total. The van der Waals surface area contributed by atoms with Gasteiger partial charge in [0.1, 0.15) is 0 Å². The summed E-state index contributed by atoms with van der Waals surface area (Å²) in [7, 11) is 1.95. The molecule has 0 spiro atoms. The minimum Gasteiger partial charge on any atom is -0.322 e. The highest BCUT2D eigenvalue weighted by Crippen LogP contribution is 2.28. The number of nitrogens with zero attached hydrogens (tertiary/aromatic N) is 3. The molecule has 3 aromatic rings. The molecule has 1 heterocycles. The zero-order valence-electron chi connectivity index (χ0n) is 12.8. The van der Waals surface area contributed by atoms with Gasteiger partial charge < -0.3 is 4.57 Å². The van der Waals surface area contributed by atoms with Crippen LogP contribution in [0.5, 0.6) is 0 Å². The molecular weight excluding hydrogens is 346 g/mol. The Balaban J connectivity index is 1.76. The summed E-state index contributed by atoms with van der Waals surface area (Å²) >= 11 is 7.46. The maximum atomic E-state index is 10.8. The summed E-state index contributed by atoms with van der Waals surface area (Å²) in [4.78, 5) is 14.9. The van der Waals surface area contributed by atoms with Crippen molar-refractivity contribution in [1.82, 2.24) is 9.55 Å². The van der Waals surface area contributed by atoms with Crippen LogP contribution in [0, 0.1) is 10.1 Å². The maximum Gasteiger partial charge on any atom is 0.269 e. The first-order valence-electron chi connectivity index (χ1n) is 7.18. The van der Waals surface area contributed by atoms with Gasteiger partial charge in [-0.3, -0.25) is 10.1 Å². The van der Waals surface area contributed by atoms with Crippen molar-refractivity contribution in [3.05, 3.63) is 75.4 Å². The third-order valence-electron chi connectivity index (χ3n) is 3.57. The first-order valence-corrected chi connectivity index (χ1v) is 8.55. The van der Waals surface area contributed by atoms with E-state index < -0.39 is 0 Å². The summed E-state index contributed by atoms with van der Waals surface area (Å²) in [6, 6.07) is 14.3. The van der Waals surface area contributed by atoms with Gasteiger partial charge in [0.15, 0.2) is 5.16 Å². The molecule has 0 aliphatic carbocycles. The quantitative estimate of drug-likeness (QED) is 0.367. The van der Waals surface area contributed by atoms with Gasteiger partial charge in [0, 0.05) is 30.0 Å². The van der Waals surface area contributed by atoms with Crippen LogP contribution in [0.1, 0.15) is 5.56 Å². The fourth-order valence-corrected chi connectivity index (χ4v) is 3.34. The van der Waals surface area contributed by atoms with Crippen LogP contribution in [0.4, 0.5) is 5.69 Å². The molecule has 122 valence electrons. The van der Waals surface area contributed by atoms with E-state index in [-0.39, 0.29) is 10.6 Å².